The minimum Gasteiger partial charge on any atom is -0.497 e. The molecule has 22 heavy (non-hydrogen) atoms. The number of nitrogens with zero attached hydrogens (tertiary/aromatic N) is 1. The van der Waals surface area contributed by atoms with E-state index in [2.05, 4.69) is 10.5 Å². The summed E-state index contributed by atoms with van der Waals surface area (Å²) in [5, 5.41) is 6.83. The van der Waals surface area contributed by atoms with Crippen LogP contribution in [0, 0.1) is 13.8 Å². The summed E-state index contributed by atoms with van der Waals surface area (Å²) >= 11 is 0. The minimum absolute atomic E-state index is 0.0495. The molecule has 0 saturated carbocycles. The van der Waals surface area contributed by atoms with Crippen LogP contribution in [0.15, 0.2) is 28.8 Å². The number of rotatable bonds is 7. The van der Waals surface area contributed by atoms with Crippen molar-refractivity contribution in [3.63, 3.8) is 0 Å². The van der Waals surface area contributed by atoms with E-state index >= 15 is 0 Å². The maximum atomic E-state index is 11.9. The van der Waals surface area contributed by atoms with Gasteiger partial charge in [0.05, 0.1) is 12.8 Å². The molecular formula is C17H22N2O3. The SMILES string of the molecule is COc1ccc(CCNC(=O)CCc2c(C)noc2C)cc1. The Kier molecular flexibility index (Phi) is 5.58. The Labute approximate surface area is 130 Å². The molecule has 0 radical (unpaired) electrons. The maximum absolute atomic E-state index is 11.9. The van der Waals surface area contributed by atoms with Gasteiger partial charge in [-0.15, -0.1) is 0 Å². The highest BCUT2D eigenvalue weighted by molar-refractivity contribution is 5.76. The molecule has 0 aliphatic carbocycles. The number of aromatic nitrogens is 1. The van der Waals surface area contributed by atoms with Crippen LogP contribution in [-0.2, 0) is 17.6 Å². The minimum atomic E-state index is 0.0495. The van der Waals surface area contributed by atoms with Crippen LogP contribution in [0.25, 0.3) is 0 Å². The number of hydrogen-bond donors (Lipinski definition) is 1. The molecule has 1 amide bonds. The van der Waals surface area contributed by atoms with Crippen molar-refractivity contribution >= 4 is 5.91 Å². The summed E-state index contributed by atoms with van der Waals surface area (Å²) in [7, 11) is 1.65. The van der Waals surface area contributed by atoms with Crippen molar-refractivity contribution in [3.8, 4) is 5.75 Å². The van der Waals surface area contributed by atoms with Gasteiger partial charge in [0.15, 0.2) is 0 Å². The van der Waals surface area contributed by atoms with E-state index in [-0.39, 0.29) is 5.91 Å². The molecule has 1 aromatic heterocycles. The van der Waals surface area contributed by atoms with Crippen molar-refractivity contribution in [3.05, 3.63) is 46.8 Å². The quantitative estimate of drug-likeness (QED) is 0.854. The predicted molar refractivity (Wildman–Crippen MR) is 84.0 cm³/mol. The van der Waals surface area contributed by atoms with Crippen LogP contribution < -0.4 is 10.1 Å². The van der Waals surface area contributed by atoms with Gasteiger partial charge in [-0.05, 0) is 44.4 Å². The highest BCUT2D eigenvalue weighted by Crippen LogP contribution is 2.14. The summed E-state index contributed by atoms with van der Waals surface area (Å²) in [5.74, 6) is 1.68. The third kappa shape index (κ3) is 4.35. The monoisotopic (exact) mass is 302 g/mol. The standard InChI is InChI=1S/C17H22N2O3/c1-12-16(13(2)22-19-12)8-9-17(20)18-11-10-14-4-6-15(21-3)7-5-14/h4-7H,8-11H2,1-3H3,(H,18,20). The Hall–Kier alpha value is -2.30. The van der Waals surface area contributed by atoms with Crippen LogP contribution in [-0.4, -0.2) is 24.7 Å². The first kappa shape index (κ1) is 16.1. The lowest BCUT2D eigenvalue weighted by Gasteiger charge is -2.06. The van der Waals surface area contributed by atoms with Gasteiger partial charge in [0.2, 0.25) is 5.91 Å². The zero-order valence-corrected chi connectivity index (χ0v) is 13.3. The number of benzene rings is 1. The van der Waals surface area contributed by atoms with E-state index in [1.165, 1.54) is 5.56 Å². The first-order chi connectivity index (χ1) is 10.6. The lowest BCUT2D eigenvalue weighted by molar-refractivity contribution is -0.121. The van der Waals surface area contributed by atoms with Gasteiger partial charge in [0.25, 0.3) is 0 Å². The number of carbonyl (C=O) groups is 1. The topological polar surface area (TPSA) is 64.4 Å². The Morgan fingerprint density at radius 3 is 2.55 bits per heavy atom. The molecule has 0 atom stereocenters. The van der Waals surface area contributed by atoms with E-state index < -0.39 is 0 Å². The highest BCUT2D eigenvalue weighted by Gasteiger charge is 2.10. The summed E-state index contributed by atoms with van der Waals surface area (Å²) in [5.41, 5.74) is 3.07. The van der Waals surface area contributed by atoms with Crippen LogP contribution in [0.3, 0.4) is 0 Å². The Morgan fingerprint density at radius 1 is 1.23 bits per heavy atom. The molecule has 1 N–H and O–H groups in total. The summed E-state index contributed by atoms with van der Waals surface area (Å²) in [4.78, 5) is 11.9. The molecule has 2 aromatic rings. The second-order valence-electron chi connectivity index (χ2n) is 5.25. The first-order valence-corrected chi connectivity index (χ1v) is 7.41. The van der Waals surface area contributed by atoms with E-state index in [0.29, 0.717) is 19.4 Å². The number of methoxy groups -OCH3 is 1. The molecule has 0 spiro atoms. The van der Waals surface area contributed by atoms with Crippen molar-refractivity contribution < 1.29 is 14.1 Å². The molecule has 1 aromatic carbocycles. The highest BCUT2D eigenvalue weighted by atomic mass is 16.5. The van der Waals surface area contributed by atoms with E-state index in [4.69, 9.17) is 9.26 Å². The number of carbonyl (C=O) groups excluding carboxylic acids is 1. The molecule has 0 bridgehead atoms. The number of amides is 1. The fourth-order valence-corrected chi connectivity index (χ4v) is 2.32. The molecule has 0 unspecified atom stereocenters. The Bertz CT molecular complexity index is 598. The molecule has 5 nitrogen and oxygen atoms in total. The number of nitrogens with one attached hydrogen (secondary N) is 1. The molecule has 0 aliphatic heterocycles. The number of aryl methyl sites for hydroxylation is 2. The molecular weight excluding hydrogens is 280 g/mol. The van der Waals surface area contributed by atoms with Crippen LogP contribution in [0.2, 0.25) is 0 Å². The normalized spacial score (nSPS) is 10.5. The van der Waals surface area contributed by atoms with Crippen LogP contribution in [0.4, 0.5) is 0 Å². The summed E-state index contributed by atoms with van der Waals surface area (Å²) in [6.45, 7) is 4.40. The van der Waals surface area contributed by atoms with E-state index in [0.717, 1.165) is 29.2 Å². The molecule has 118 valence electrons. The molecule has 0 saturated heterocycles. The van der Waals surface area contributed by atoms with Gasteiger partial charge in [0, 0.05) is 18.5 Å². The second-order valence-corrected chi connectivity index (χ2v) is 5.25. The Balaban J connectivity index is 1.71. The van der Waals surface area contributed by atoms with Gasteiger partial charge in [0.1, 0.15) is 11.5 Å². The van der Waals surface area contributed by atoms with Crippen molar-refractivity contribution in [2.75, 3.05) is 13.7 Å². The third-order valence-electron chi connectivity index (χ3n) is 3.68. The van der Waals surface area contributed by atoms with Crippen molar-refractivity contribution in [2.45, 2.75) is 33.1 Å². The van der Waals surface area contributed by atoms with Crippen molar-refractivity contribution in [1.82, 2.24) is 10.5 Å². The zero-order valence-electron chi connectivity index (χ0n) is 13.3. The van der Waals surface area contributed by atoms with E-state index in [9.17, 15) is 4.79 Å². The summed E-state index contributed by atoms with van der Waals surface area (Å²) in [6.07, 6.45) is 1.92. The van der Waals surface area contributed by atoms with E-state index in [1.807, 2.05) is 38.1 Å². The molecule has 5 heteroatoms. The number of ether oxygens (including phenoxy) is 1. The smallest absolute Gasteiger partial charge is 0.220 e. The van der Waals surface area contributed by atoms with Crippen LogP contribution in [0.5, 0.6) is 5.75 Å². The fraction of sp³-hybridized carbons (Fsp3) is 0.412. The lowest BCUT2D eigenvalue weighted by atomic mass is 10.1. The largest absolute Gasteiger partial charge is 0.497 e. The van der Waals surface area contributed by atoms with Gasteiger partial charge >= 0.3 is 0 Å². The third-order valence-corrected chi connectivity index (χ3v) is 3.68. The summed E-state index contributed by atoms with van der Waals surface area (Å²) < 4.78 is 10.2. The summed E-state index contributed by atoms with van der Waals surface area (Å²) in [6, 6.07) is 7.87. The zero-order chi connectivity index (χ0) is 15.9. The molecule has 2 rings (SSSR count). The molecule has 0 fully saturated rings. The maximum Gasteiger partial charge on any atom is 0.220 e. The molecule has 1 heterocycles. The van der Waals surface area contributed by atoms with Crippen LogP contribution in [0.1, 0.15) is 29.0 Å². The Morgan fingerprint density at radius 2 is 1.95 bits per heavy atom. The van der Waals surface area contributed by atoms with Crippen molar-refractivity contribution in [1.29, 1.82) is 0 Å². The van der Waals surface area contributed by atoms with Gasteiger partial charge in [-0.2, -0.15) is 0 Å². The van der Waals surface area contributed by atoms with Gasteiger partial charge in [-0.1, -0.05) is 17.3 Å². The average Bonchev–Trinajstić information content (AvgIpc) is 2.84. The fourth-order valence-electron chi connectivity index (χ4n) is 2.32. The predicted octanol–water partition coefficient (Wildman–Crippen LogP) is 2.59. The number of hydrogen-bond acceptors (Lipinski definition) is 4. The molecule has 0 aliphatic rings. The van der Waals surface area contributed by atoms with Gasteiger partial charge in [-0.25, -0.2) is 0 Å². The van der Waals surface area contributed by atoms with Gasteiger partial charge < -0.3 is 14.6 Å². The lowest BCUT2D eigenvalue weighted by Crippen LogP contribution is -2.25. The van der Waals surface area contributed by atoms with Gasteiger partial charge in [-0.3, -0.25) is 4.79 Å². The van der Waals surface area contributed by atoms with Crippen molar-refractivity contribution in [2.24, 2.45) is 0 Å². The first-order valence-electron chi connectivity index (χ1n) is 7.41. The van der Waals surface area contributed by atoms with Crippen LogP contribution >= 0.6 is 0 Å². The second kappa shape index (κ2) is 7.64. The average molecular weight is 302 g/mol. The van der Waals surface area contributed by atoms with E-state index in [1.54, 1.807) is 7.11 Å².